The van der Waals surface area contributed by atoms with Gasteiger partial charge in [0.25, 0.3) is 6.43 Å². The van der Waals surface area contributed by atoms with E-state index < -0.39 is 17.9 Å². The van der Waals surface area contributed by atoms with Crippen molar-refractivity contribution in [1.82, 2.24) is 0 Å². The van der Waals surface area contributed by atoms with Crippen molar-refractivity contribution < 1.29 is 18.7 Å². The number of carbonyl (C=O) groups is 1. The van der Waals surface area contributed by atoms with Gasteiger partial charge < -0.3 is 10.8 Å². The molecule has 0 bridgehead atoms. The second-order valence-corrected chi connectivity index (χ2v) is 5.95. The predicted molar refractivity (Wildman–Crippen MR) is 83.4 cm³/mol. The third-order valence-electron chi connectivity index (χ3n) is 4.14. The largest absolute Gasteiger partial charge is 0.480 e. The zero-order valence-corrected chi connectivity index (χ0v) is 13.1. The minimum absolute atomic E-state index is 0.210. The molecule has 0 radical (unpaired) electrons. The Labute approximate surface area is 129 Å². The van der Waals surface area contributed by atoms with E-state index in [1.54, 1.807) is 0 Å². The topological polar surface area (TPSA) is 75.7 Å². The predicted octanol–water partition coefficient (Wildman–Crippen LogP) is 3.19. The summed E-state index contributed by atoms with van der Waals surface area (Å²) in [7, 11) is 0. The van der Waals surface area contributed by atoms with Gasteiger partial charge in [0.05, 0.1) is 0 Å². The number of allylic oxidation sites excluding steroid dienone is 3. The van der Waals surface area contributed by atoms with Gasteiger partial charge in [0.2, 0.25) is 0 Å². The summed E-state index contributed by atoms with van der Waals surface area (Å²) < 4.78 is 25.5. The molecule has 3 N–H and O–H groups in total. The first-order chi connectivity index (χ1) is 10.2. The monoisotopic (exact) mass is 314 g/mol. The number of hydrogen-bond donors (Lipinski definition) is 2. The molecule has 0 aromatic carbocycles. The standard InChI is InChI=1S/C16H24F2N2O2/c1-10(2)12-6-5-11(3)13(9-12)20-8-4-7-16(19,14(17)18)15(21)22/h5,12,14H,1,4,6-9,19H2,2-3H3,(H,21,22)/b20-13-. The van der Waals surface area contributed by atoms with E-state index in [-0.39, 0.29) is 12.8 Å². The van der Waals surface area contributed by atoms with Gasteiger partial charge in [-0.15, -0.1) is 0 Å². The fourth-order valence-electron chi connectivity index (χ4n) is 2.37. The highest BCUT2D eigenvalue weighted by molar-refractivity contribution is 6.00. The Bertz CT molecular complexity index is 500. The van der Waals surface area contributed by atoms with E-state index in [1.165, 1.54) is 0 Å². The molecule has 0 heterocycles. The molecule has 0 amide bonds. The van der Waals surface area contributed by atoms with Crippen molar-refractivity contribution >= 4 is 11.7 Å². The molecule has 0 aliphatic heterocycles. The lowest BCUT2D eigenvalue weighted by Gasteiger charge is -2.24. The van der Waals surface area contributed by atoms with Crippen LogP contribution in [-0.4, -0.2) is 35.3 Å². The second-order valence-electron chi connectivity index (χ2n) is 5.95. The van der Waals surface area contributed by atoms with Crippen molar-refractivity contribution in [2.24, 2.45) is 16.6 Å². The summed E-state index contributed by atoms with van der Waals surface area (Å²) in [5.74, 6) is -1.32. The molecule has 22 heavy (non-hydrogen) atoms. The lowest BCUT2D eigenvalue weighted by molar-refractivity contribution is -0.150. The van der Waals surface area contributed by atoms with Crippen LogP contribution in [0.2, 0.25) is 0 Å². The Morgan fingerprint density at radius 3 is 2.77 bits per heavy atom. The van der Waals surface area contributed by atoms with Crippen LogP contribution in [0.1, 0.15) is 39.5 Å². The van der Waals surface area contributed by atoms with E-state index in [0.29, 0.717) is 12.5 Å². The Kier molecular flexibility index (Phi) is 6.41. The molecule has 1 rings (SSSR count). The number of rotatable bonds is 7. The van der Waals surface area contributed by atoms with Crippen molar-refractivity contribution in [3.05, 3.63) is 23.8 Å². The number of nitrogens with two attached hydrogens (primary N) is 1. The molecule has 0 fully saturated rings. The number of carboxylic acids is 1. The summed E-state index contributed by atoms with van der Waals surface area (Å²) in [6.45, 7) is 8.20. The summed E-state index contributed by atoms with van der Waals surface area (Å²) in [6, 6.07) is 0. The van der Waals surface area contributed by atoms with Gasteiger partial charge in [-0.25, -0.2) is 13.6 Å². The third-order valence-corrected chi connectivity index (χ3v) is 4.14. The SMILES string of the molecule is C=C(C)C1CC=C(C)/C(=N\CCCC(N)(C(=O)O)C(F)F)C1. The van der Waals surface area contributed by atoms with Crippen LogP contribution in [0.15, 0.2) is 28.8 Å². The lowest BCUT2D eigenvalue weighted by atomic mass is 9.84. The van der Waals surface area contributed by atoms with Crippen LogP contribution in [0.5, 0.6) is 0 Å². The quantitative estimate of drug-likeness (QED) is 0.560. The van der Waals surface area contributed by atoms with Gasteiger partial charge in [0.1, 0.15) is 0 Å². The molecule has 1 aliphatic carbocycles. The Morgan fingerprint density at radius 1 is 1.64 bits per heavy atom. The van der Waals surface area contributed by atoms with Crippen molar-refractivity contribution in [3.63, 3.8) is 0 Å². The molecule has 0 saturated heterocycles. The summed E-state index contributed by atoms with van der Waals surface area (Å²) in [6.07, 6.45) is 0.647. The molecule has 0 spiro atoms. The fraction of sp³-hybridized carbons (Fsp3) is 0.625. The van der Waals surface area contributed by atoms with Gasteiger partial charge in [0.15, 0.2) is 5.54 Å². The van der Waals surface area contributed by atoms with Crippen molar-refractivity contribution in [1.29, 1.82) is 0 Å². The normalized spacial score (nSPS) is 23.3. The van der Waals surface area contributed by atoms with E-state index >= 15 is 0 Å². The van der Waals surface area contributed by atoms with Crippen LogP contribution in [-0.2, 0) is 4.79 Å². The van der Waals surface area contributed by atoms with Crippen molar-refractivity contribution in [2.75, 3.05) is 6.54 Å². The van der Waals surface area contributed by atoms with Gasteiger partial charge in [-0.2, -0.15) is 0 Å². The molecule has 124 valence electrons. The van der Waals surface area contributed by atoms with Crippen LogP contribution < -0.4 is 5.73 Å². The number of carboxylic acid groups (broad SMARTS) is 1. The lowest BCUT2D eigenvalue weighted by Crippen LogP contribution is -2.54. The fourth-order valence-corrected chi connectivity index (χ4v) is 2.37. The van der Waals surface area contributed by atoms with Crippen molar-refractivity contribution in [2.45, 2.75) is 51.5 Å². The van der Waals surface area contributed by atoms with E-state index in [1.807, 2.05) is 13.8 Å². The van der Waals surface area contributed by atoms with Gasteiger partial charge in [-0.1, -0.05) is 18.2 Å². The molecule has 6 heteroatoms. The van der Waals surface area contributed by atoms with Crippen LogP contribution in [0.25, 0.3) is 0 Å². The maximum absolute atomic E-state index is 12.8. The highest BCUT2D eigenvalue weighted by Gasteiger charge is 2.43. The summed E-state index contributed by atoms with van der Waals surface area (Å²) in [5.41, 5.74) is 5.91. The van der Waals surface area contributed by atoms with E-state index in [0.717, 1.165) is 29.7 Å². The molecular weight excluding hydrogens is 290 g/mol. The molecule has 1 aliphatic rings. The third kappa shape index (κ3) is 4.47. The number of aliphatic imine (C=N–C) groups is 1. The molecule has 2 unspecified atom stereocenters. The van der Waals surface area contributed by atoms with Gasteiger partial charge in [0, 0.05) is 12.3 Å². The van der Waals surface area contributed by atoms with Crippen LogP contribution in [0.3, 0.4) is 0 Å². The smallest absolute Gasteiger partial charge is 0.329 e. The maximum Gasteiger partial charge on any atom is 0.329 e. The number of aliphatic carboxylic acids is 1. The average Bonchev–Trinajstić information content (AvgIpc) is 2.44. The minimum Gasteiger partial charge on any atom is -0.480 e. The van der Waals surface area contributed by atoms with E-state index in [2.05, 4.69) is 17.6 Å². The van der Waals surface area contributed by atoms with Crippen LogP contribution >= 0.6 is 0 Å². The maximum atomic E-state index is 12.8. The van der Waals surface area contributed by atoms with E-state index in [4.69, 9.17) is 10.8 Å². The molecule has 0 aromatic rings. The molecule has 2 atom stereocenters. The van der Waals surface area contributed by atoms with Crippen molar-refractivity contribution in [3.8, 4) is 0 Å². The second kappa shape index (κ2) is 7.63. The average molecular weight is 314 g/mol. The highest BCUT2D eigenvalue weighted by atomic mass is 19.3. The number of hydrogen-bond acceptors (Lipinski definition) is 3. The first-order valence-electron chi connectivity index (χ1n) is 7.34. The molecule has 0 saturated carbocycles. The molecule has 0 aromatic heterocycles. The minimum atomic E-state index is -3.10. The van der Waals surface area contributed by atoms with Gasteiger partial charge >= 0.3 is 5.97 Å². The van der Waals surface area contributed by atoms with Gasteiger partial charge in [-0.05, 0) is 51.0 Å². The highest BCUT2D eigenvalue weighted by Crippen LogP contribution is 2.27. The summed E-state index contributed by atoms with van der Waals surface area (Å²) in [4.78, 5) is 15.3. The molecule has 4 nitrogen and oxygen atoms in total. The number of halogens is 2. The van der Waals surface area contributed by atoms with E-state index in [9.17, 15) is 13.6 Å². The zero-order chi connectivity index (χ0) is 16.9. The molecular formula is C16H24F2N2O2. The Morgan fingerprint density at radius 2 is 2.27 bits per heavy atom. The van der Waals surface area contributed by atoms with Crippen LogP contribution in [0, 0.1) is 5.92 Å². The summed E-state index contributed by atoms with van der Waals surface area (Å²) >= 11 is 0. The van der Waals surface area contributed by atoms with Gasteiger partial charge in [-0.3, -0.25) is 4.99 Å². The Hall–Kier alpha value is -1.56. The first-order valence-corrected chi connectivity index (χ1v) is 7.34. The Balaban J connectivity index is 2.62. The van der Waals surface area contributed by atoms with Crippen LogP contribution in [0.4, 0.5) is 8.78 Å². The zero-order valence-electron chi connectivity index (χ0n) is 13.1. The first kappa shape index (κ1) is 18.5. The summed E-state index contributed by atoms with van der Waals surface area (Å²) in [5, 5.41) is 8.83. The number of alkyl halides is 2. The number of nitrogens with zero attached hydrogens (tertiary/aromatic N) is 1.